The van der Waals surface area contributed by atoms with Gasteiger partial charge in [-0.25, -0.2) is 0 Å². The highest BCUT2D eigenvalue weighted by atomic mass is 14.1. The maximum Gasteiger partial charge on any atom is -0.00880 e. The van der Waals surface area contributed by atoms with E-state index >= 15 is 0 Å². The number of allylic oxidation sites excluding steroid dienone is 4. The molecular formula is C22H30. The summed E-state index contributed by atoms with van der Waals surface area (Å²) in [5, 5.41) is 0. The van der Waals surface area contributed by atoms with E-state index < -0.39 is 0 Å². The first-order valence-electron chi connectivity index (χ1n) is 8.46. The Morgan fingerprint density at radius 2 is 1.68 bits per heavy atom. The van der Waals surface area contributed by atoms with Crippen LogP contribution in [-0.4, -0.2) is 0 Å². The number of hydrogen-bond donors (Lipinski definition) is 0. The monoisotopic (exact) mass is 294 g/mol. The van der Waals surface area contributed by atoms with Gasteiger partial charge in [0.1, 0.15) is 0 Å². The number of aryl methyl sites for hydroxylation is 2. The molecule has 0 aromatic heterocycles. The van der Waals surface area contributed by atoms with Gasteiger partial charge in [0.15, 0.2) is 0 Å². The van der Waals surface area contributed by atoms with Gasteiger partial charge >= 0.3 is 0 Å². The zero-order valence-electron chi connectivity index (χ0n) is 14.8. The molecule has 0 N–H and O–H groups in total. The molecule has 2 rings (SSSR count). The maximum absolute atomic E-state index is 2.27. The molecule has 0 fully saturated rings. The molecule has 118 valence electrons. The van der Waals surface area contributed by atoms with Crippen LogP contribution in [0, 0.1) is 6.92 Å². The van der Waals surface area contributed by atoms with Crippen LogP contribution < -0.4 is 0 Å². The predicted molar refractivity (Wildman–Crippen MR) is 101 cm³/mol. The van der Waals surface area contributed by atoms with Gasteiger partial charge in [-0.15, -0.1) is 0 Å². The van der Waals surface area contributed by atoms with Gasteiger partial charge in [0.25, 0.3) is 0 Å². The summed E-state index contributed by atoms with van der Waals surface area (Å²) in [5.74, 6) is 0. The second kappa shape index (κ2) is 10.00. The fourth-order valence-electron chi connectivity index (χ4n) is 2.50. The second-order valence-electron chi connectivity index (χ2n) is 5.61. The Labute approximate surface area is 136 Å². The highest BCUT2D eigenvalue weighted by molar-refractivity contribution is 5.77. The summed E-state index contributed by atoms with van der Waals surface area (Å²) in [4.78, 5) is 0. The molecule has 1 aliphatic rings. The van der Waals surface area contributed by atoms with E-state index in [-0.39, 0.29) is 0 Å². The first-order valence-corrected chi connectivity index (χ1v) is 8.46. The Kier molecular flexibility index (Phi) is 8.28. The van der Waals surface area contributed by atoms with Crippen molar-refractivity contribution in [1.82, 2.24) is 0 Å². The van der Waals surface area contributed by atoms with E-state index in [9.17, 15) is 0 Å². The zero-order valence-corrected chi connectivity index (χ0v) is 14.8. The molecule has 0 heteroatoms. The molecule has 0 atom stereocenters. The van der Waals surface area contributed by atoms with Crippen molar-refractivity contribution < 1.29 is 0 Å². The van der Waals surface area contributed by atoms with E-state index in [1.807, 2.05) is 0 Å². The normalized spacial score (nSPS) is 13.8. The van der Waals surface area contributed by atoms with Crippen LogP contribution in [0.3, 0.4) is 0 Å². The van der Waals surface area contributed by atoms with Crippen LogP contribution in [0.1, 0.15) is 56.4 Å². The van der Waals surface area contributed by atoms with Gasteiger partial charge in [0.05, 0.1) is 0 Å². The predicted octanol–water partition coefficient (Wildman–Crippen LogP) is 6.61. The van der Waals surface area contributed by atoms with Crippen molar-refractivity contribution in [3.8, 4) is 0 Å². The summed E-state index contributed by atoms with van der Waals surface area (Å²) in [6, 6.07) is 13.3. The van der Waals surface area contributed by atoms with E-state index in [0.717, 1.165) is 12.8 Å². The molecular weight excluding hydrogens is 264 g/mol. The summed E-state index contributed by atoms with van der Waals surface area (Å²) in [6.45, 7) is 10.8. The smallest absolute Gasteiger partial charge is 0.00880 e. The summed E-state index contributed by atoms with van der Waals surface area (Å²) >= 11 is 0. The van der Waals surface area contributed by atoms with Crippen LogP contribution >= 0.6 is 0 Å². The van der Waals surface area contributed by atoms with Gasteiger partial charge in [-0.1, -0.05) is 81.8 Å². The van der Waals surface area contributed by atoms with Gasteiger partial charge in [0, 0.05) is 0 Å². The van der Waals surface area contributed by atoms with Crippen molar-refractivity contribution in [2.75, 3.05) is 0 Å². The SMILES string of the molecule is C/C=C1/C=CCc2ccc(C)c(CC)ccccc21.CCC. The fourth-order valence-corrected chi connectivity index (χ4v) is 2.50. The topological polar surface area (TPSA) is 0 Å². The number of fused-ring (bicyclic) bond motifs is 1. The van der Waals surface area contributed by atoms with Gasteiger partial charge < -0.3 is 0 Å². The first-order chi connectivity index (χ1) is 10.7. The van der Waals surface area contributed by atoms with Crippen molar-refractivity contribution in [3.05, 3.63) is 76.9 Å². The van der Waals surface area contributed by atoms with Crippen molar-refractivity contribution in [2.24, 2.45) is 0 Å². The summed E-state index contributed by atoms with van der Waals surface area (Å²) in [6.07, 6.45) is 9.98. The molecule has 1 aromatic carbocycles. The first kappa shape index (κ1) is 18.2. The molecule has 0 nitrogen and oxygen atoms in total. The minimum atomic E-state index is 1.02. The van der Waals surface area contributed by atoms with Crippen LogP contribution in [0.4, 0.5) is 0 Å². The van der Waals surface area contributed by atoms with Crippen molar-refractivity contribution in [1.29, 1.82) is 0 Å². The molecule has 0 saturated heterocycles. The lowest BCUT2D eigenvalue weighted by Crippen LogP contribution is -1.94. The second-order valence-corrected chi connectivity index (χ2v) is 5.61. The Hall–Kier alpha value is -1.82. The molecule has 1 aromatic rings. The fraction of sp³-hybridized carbons (Fsp3) is 0.364. The Bertz CT molecular complexity index is 587. The molecule has 0 amide bonds. The molecule has 1 aliphatic carbocycles. The van der Waals surface area contributed by atoms with E-state index in [4.69, 9.17) is 0 Å². The summed E-state index contributed by atoms with van der Waals surface area (Å²) in [5.41, 5.74) is 6.82. The van der Waals surface area contributed by atoms with Gasteiger partial charge in [-0.2, -0.15) is 0 Å². The molecule has 0 saturated carbocycles. The Balaban J connectivity index is 0.000000745. The van der Waals surface area contributed by atoms with Crippen LogP contribution in [0.15, 0.2) is 54.6 Å². The molecule has 0 radical (unpaired) electrons. The minimum absolute atomic E-state index is 1.02. The molecule has 0 bridgehead atoms. The van der Waals surface area contributed by atoms with E-state index in [0.29, 0.717) is 0 Å². The van der Waals surface area contributed by atoms with Crippen molar-refractivity contribution >= 4 is 5.57 Å². The van der Waals surface area contributed by atoms with E-state index in [1.165, 1.54) is 34.2 Å². The van der Waals surface area contributed by atoms with Gasteiger partial charge in [-0.05, 0) is 54.5 Å². The Morgan fingerprint density at radius 3 is 2.32 bits per heavy atom. The third-order valence-corrected chi connectivity index (χ3v) is 3.70. The Morgan fingerprint density at radius 1 is 1.00 bits per heavy atom. The third kappa shape index (κ3) is 5.18. The average Bonchev–Trinajstić information content (AvgIpc) is 2.53. The van der Waals surface area contributed by atoms with E-state index in [1.54, 1.807) is 0 Å². The highest BCUT2D eigenvalue weighted by Crippen LogP contribution is 2.24. The quantitative estimate of drug-likeness (QED) is 0.546. The number of hydrogen-bond acceptors (Lipinski definition) is 0. The molecule has 22 heavy (non-hydrogen) atoms. The molecule has 0 heterocycles. The standard InChI is InChI=1S/C19H22.C3H8/c1-4-16-9-6-7-12-19-17(5-2)10-8-11-18(19)14-13-15(16)3;1-3-2/h5-10,12-14H,4,11H2,1-3H3;3H2,1-2H3/b7-6?,9-6?,12-7?,14-13?,15-13?,16-9?,16-15?,17-5-,18-14?,19-12?;. The highest BCUT2D eigenvalue weighted by Gasteiger charge is 2.05. The van der Waals surface area contributed by atoms with Gasteiger partial charge in [-0.3, -0.25) is 0 Å². The van der Waals surface area contributed by atoms with Crippen molar-refractivity contribution in [2.45, 2.75) is 53.9 Å². The number of rotatable bonds is 1. The lowest BCUT2D eigenvalue weighted by atomic mass is 9.93. The summed E-state index contributed by atoms with van der Waals surface area (Å²) < 4.78 is 0. The average molecular weight is 294 g/mol. The van der Waals surface area contributed by atoms with Crippen LogP contribution in [0.2, 0.25) is 0 Å². The van der Waals surface area contributed by atoms with Crippen molar-refractivity contribution in [3.63, 3.8) is 0 Å². The maximum atomic E-state index is 2.27. The molecule has 0 aliphatic heterocycles. The van der Waals surface area contributed by atoms with Gasteiger partial charge in [0.2, 0.25) is 0 Å². The van der Waals surface area contributed by atoms with Crippen LogP contribution in [-0.2, 0) is 12.8 Å². The van der Waals surface area contributed by atoms with Crippen LogP contribution in [0.25, 0.3) is 5.57 Å². The lowest BCUT2D eigenvalue weighted by molar-refractivity contribution is 1.09. The minimum Gasteiger partial charge on any atom is -0.0798 e. The lowest BCUT2D eigenvalue weighted by Gasteiger charge is -2.12. The molecule has 0 spiro atoms. The summed E-state index contributed by atoms with van der Waals surface area (Å²) in [7, 11) is 0. The third-order valence-electron chi connectivity index (χ3n) is 3.70. The van der Waals surface area contributed by atoms with E-state index in [2.05, 4.69) is 89.2 Å². The largest absolute Gasteiger partial charge is 0.0798 e. The van der Waals surface area contributed by atoms with Crippen LogP contribution in [0.5, 0.6) is 0 Å². The zero-order chi connectivity index (χ0) is 16.4. The molecule has 0 unspecified atom stereocenters.